The fourth-order valence-electron chi connectivity index (χ4n) is 2.93. The summed E-state index contributed by atoms with van der Waals surface area (Å²) in [5, 5.41) is 13.5. The molecule has 19 heavy (non-hydrogen) atoms. The molecule has 0 aliphatic carbocycles. The maximum atomic E-state index is 11.0. The lowest BCUT2D eigenvalue weighted by Crippen LogP contribution is -2.27. The van der Waals surface area contributed by atoms with E-state index in [1.807, 2.05) is 0 Å². The lowest BCUT2D eigenvalue weighted by atomic mass is 10.0. The van der Waals surface area contributed by atoms with Gasteiger partial charge in [-0.05, 0) is 32.4 Å². The number of carbonyl (C=O) groups is 1. The van der Waals surface area contributed by atoms with E-state index in [2.05, 4.69) is 15.0 Å². The number of nitrogens with zero attached hydrogens (tertiary/aromatic N) is 4. The predicted octanol–water partition coefficient (Wildman–Crippen LogP) is 0.563. The Morgan fingerprint density at radius 3 is 2.89 bits per heavy atom. The largest absolute Gasteiger partial charge is 0.481 e. The Balaban J connectivity index is 1.61. The van der Waals surface area contributed by atoms with Gasteiger partial charge < -0.3 is 10.0 Å². The molecule has 1 N–H and O–H groups in total. The van der Waals surface area contributed by atoms with Crippen molar-refractivity contribution in [3.8, 4) is 0 Å². The van der Waals surface area contributed by atoms with Gasteiger partial charge in [0.25, 0.3) is 0 Å². The zero-order valence-electron chi connectivity index (χ0n) is 11.1. The number of aromatic nitrogens is 3. The summed E-state index contributed by atoms with van der Waals surface area (Å²) in [5.74, 6) is 0.794. The molecular weight excluding hydrogens is 244 g/mol. The van der Waals surface area contributed by atoms with E-state index in [4.69, 9.17) is 5.11 Å². The van der Waals surface area contributed by atoms with Crippen LogP contribution >= 0.6 is 0 Å². The molecule has 2 aliphatic rings. The Morgan fingerprint density at radius 1 is 1.37 bits per heavy atom. The highest BCUT2D eigenvalue weighted by Crippen LogP contribution is 2.19. The standard InChI is InChI=1S/C13H20N4O2/c18-13(19)10-3-4-12-14-11(15-17(12)9-10)5-8-16-6-1-2-7-16/h10H,1-9H2,(H,18,19). The lowest BCUT2D eigenvalue weighted by molar-refractivity contribution is -0.142. The summed E-state index contributed by atoms with van der Waals surface area (Å²) in [7, 11) is 0. The minimum Gasteiger partial charge on any atom is -0.481 e. The zero-order valence-corrected chi connectivity index (χ0v) is 11.1. The molecule has 1 aromatic rings. The first-order valence-corrected chi connectivity index (χ1v) is 7.10. The highest BCUT2D eigenvalue weighted by atomic mass is 16.4. The first kappa shape index (κ1) is 12.6. The Labute approximate surface area is 112 Å². The summed E-state index contributed by atoms with van der Waals surface area (Å²) >= 11 is 0. The SMILES string of the molecule is O=C(O)C1CCc2nc(CCN3CCCC3)nn2C1. The van der Waals surface area contributed by atoms with Gasteiger partial charge in [-0.1, -0.05) is 0 Å². The van der Waals surface area contributed by atoms with Gasteiger partial charge in [0.1, 0.15) is 5.82 Å². The van der Waals surface area contributed by atoms with Crippen molar-refractivity contribution >= 4 is 5.97 Å². The van der Waals surface area contributed by atoms with E-state index in [-0.39, 0.29) is 5.92 Å². The van der Waals surface area contributed by atoms with Crippen LogP contribution in [0.15, 0.2) is 0 Å². The lowest BCUT2D eigenvalue weighted by Gasteiger charge is -2.18. The molecule has 0 saturated carbocycles. The molecule has 1 unspecified atom stereocenters. The molecule has 1 saturated heterocycles. The number of hydrogen-bond acceptors (Lipinski definition) is 4. The molecule has 0 amide bonds. The Bertz CT molecular complexity index is 465. The maximum absolute atomic E-state index is 11.0. The van der Waals surface area contributed by atoms with Crippen LogP contribution < -0.4 is 0 Å². The van der Waals surface area contributed by atoms with Gasteiger partial charge in [0, 0.05) is 19.4 Å². The van der Waals surface area contributed by atoms with Crippen molar-refractivity contribution < 1.29 is 9.90 Å². The third-order valence-electron chi connectivity index (χ3n) is 4.10. The fraction of sp³-hybridized carbons (Fsp3) is 0.769. The van der Waals surface area contributed by atoms with Crippen molar-refractivity contribution in [2.75, 3.05) is 19.6 Å². The molecule has 104 valence electrons. The second-order valence-electron chi connectivity index (χ2n) is 5.50. The minimum atomic E-state index is -0.722. The molecular formula is C13H20N4O2. The number of aryl methyl sites for hydroxylation is 1. The molecule has 2 aliphatic heterocycles. The van der Waals surface area contributed by atoms with E-state index in [1.54, 1.807) is 4.68 Å². The second-order valence-corrected chi connectivity index (χ2v) is 5.50. The van der Waals surface area contributed by atoms with Gasteiger partial charge in [-0.25, -0.2) is 9.67 Å². The number of carboxylic acids is 1. The number of aliphatic carboxylic acids is 1. The van der Waals surface area contributed by atoms with Crippen LogP contribution in [0.5, 0.6) is 0 Å². The van der Waals surface area contributed by atoms with Crippen LogP contribution in [0.4, 0.5) is 0 Å². The van der Waals surface area contributed by atoms with Crippen LogP contribution in [0.2, 0.25) is 0 Å². The first-order valence-electron chi connectivity index (χ1n) is 7.10. The summed E-state index contributed by atoms with van der Waals surface area (Å²) in [6, 6.07) is 0. The van der Waals surface area contributed by atoms with Gasteiger partial charge in [-0.3, -0.25) is 4.79 Å². The maximum Gasteiger partial charge on any atom is 0.308 e. The van der Waals surface area contributed by atoms with Gasteiger partial charge in [-0.15, -0.1) is 0 Å². The summed E-state index contributed by atoms with van der Waals surface area (Å²) in [5.41, 5.74) is 0. The minimum absolute atomic E-state index is 0.305. The fourth-order valence-corrected chi connectivity index (χ4v) is 2.93. The molecule has 0 spiro atoms. The van der Waals surface area contributed by atoms with Crippen molar-refractivity contribution in [2.24, 2.45) is 5.92 Å². The number of carboxylic acid groups (broad SMARTS) is 1. The number of fused-ring (bicyclic) bond motifs is 1. The quantitative estimate of drug-likeness (QED) is 0.860. The topological polar surface area (TPSA) is 71.2 Å². The molecule has 3 rings (SSSR count). The second kappa shape index (κ2) is 5.28. The van der Waals surface area contributed by atoms with Gasteiger partial charge >= 0.3 is 5.97 Å². The van der Waals surface area contributed by atoms with Crippen LogP contribution in [0.25, 0.3) is 0 Å². The van der Waals surface area contributed by atoms with E-state index >= 15 is 0 Å². The summed E-state index contributed by atoms with van der Waals surface area (Å²) < 4.78 is 1.79. The smallest absolute Gasteiger partial charge is 0.308 e. The Kier molecular flexibility index (Phi) is 3.50. The molecule has 1 fully saturated rings. The van der Waals surface area contributed by atoms with Crippen LogP contribution in [0.3, 0.4) is 0 Å². The van der Waals surface area contributed by atoms with Crippen molar-refractivity contribution in [1.82, 2.24) is 19.7 Å². The van der Waals surface area contributed by atoms with Gasteiger partial charge in [0.2, 0.25) is 0 Å². The highest BCUT2D eigenvalue weighted by molar-refractivity contribution is 5.70. The zero-order chi connectivity index (χ0) is 13.2. The average Bonchev–Trinajstić information content (AvgIpc) is 3.04. The molecule has 3 heterocycles. The summed E-state index contributed by atoms with van der Waals surface area (Å²) in [6.07, 6.45) is 4.88. The van der Waals surface area contributed by atoms with Crippen LogP contribution in [0.1, 0.15) is 30.9 Å². The molecule has 1 aromatic heterocycles. The molecule has 6 nitrogen and oxygen atoms in total. The number of likely N-dealkylation sites (tertiary alicyclic amines) is 1. The first-order chi connectivity index (χ1) is 9.22. The average molecular weight is 264 g/mol. The van der Waals surface area contributed by atoms with E-state index < -0.39 is 5.97 Å². The van der Waals surface area contributed by atoms with Crippen LogP contribution in [0, 0.1) is 5.92 Å². The predicted molar refractivity (Wildman–Crippen MR) is 68.8 cm³/mol. The normalized spacial score (nSPS) is 23.5. The van der Waals surface area contributed by atoms with E-state index in [1.165, 1.54) is 25.9 Å². The molecule has 0 aromatic carbocycles. The van der Waals surface area contributed by atoms with Crippen LogP contribution in [-0.2, 0) is 24.2 Å². The highest BCUT2D eigenvalue weighted by Gasteiger charge is 2.26. The van der Waals surface area contributed by atoms with Gasteiger partial charge in [0.05, 0.1) is 12.5 Å². The van der Waals surface area contributed by atoms with E-state index in [0.29, 0.717) is 13.0 Å². The van der Waals surface area contributed by atoms with Crippen molar-refractivity contribution in [3.05, 3.63) is 11.6 Å². The third kappa shape index (κ3) is 2.78. The van der Waals surface area contributed by atoms with E-state index in [0.717, 1.165) is 31.0 Å². The van der Waals surface area contributed by atoms with Crippen LogP contribution in [-0.4, -0.2) is 50.4 Å². The van der Waals surface area contributed by atoms with Crippen molar-refractivity contribution in [2.45, 2.75) is 38.6 Å². The van der Waals surface area contributed by atoms with Crippen molar-refractivity contribution in [1.29, 1.82) is 0 Å². The van der Waals surface area contributed by atoms with E-state index in [9.17, 15) is 4.79 Å². The molecule has 0 radical (unpaired) electrons. The number of hydrogen-bond donors (Lipinski definition) is 1. The third-order valence-corrected chi connectivity index (χ3v) is 4.10. The Hall–Kier alpha value is -1.43. The molecule has 1 atom stereocenters. The molecule has 6 heteroatoms. The summed E-state index contributed by atoms with van der Waals surface area (Å²) in [4.78, 5) is 18.0. The molecule has 0 bridgehead atoms. The van der Waals surface area contributed by atoms with Gasteiger partial charge in [0.15, 0.2) is 5.82 Å². The van der Waals surface area contributed by atoms with Crippen molar-refractivity contribution in [3.63, 3.8) is 0 Å². The monoisotopic (exact) mass is 264 g/mol. The Morgan fingerprint density at radius 2 is 2.16 bits per heavy atom. The summed E-state index contributed by atoms with van der Waals surface area (Å²) in [6.45, 7) is 3.87. The number of rotatable bonds is 4. The van der Waals surface area contributed by atoms with Gasteiger partial charge in [-0.2, -0.15) is 5.10 Å².